The molecule has 1 atom stereocenters. The number of carbonyl (C=O) groups is 1. The van der Waals surface area contributed by atoms with Gasteiger partial charge < -0.3 is 10.4 Å². The highest BCUT2D eigenvalue weighted by Gasteiger charge is 2.27. The van der Waals surface area contributed by atoms with Crippen LogP contribution in [0.1, 0.15) is 32.4 Å². The lowest BCUT2D eigenvalue weighted by molar-refractivity contribution is 0.175. The molecule has 0 aliphatic carbocycles. The molecule has 0 fully saturated rings. The van der Waals surface area contributed by atoms with Crippen molar-refractivity contribution in [3.63, 3.8) is 0 Å². The summed E-state index contributed by atoms with van der Waals surface area (Å²) in [6.45, 7) is 6.04. The first-order chi connectivity index (χ1) is 10.3. The Labute approximate surface area is 138 Å². The number of pyridine rings is 1. The molecule has 4 nitrogen and oxygen atoms in total. The summed E-state index contributed by atoms with van der Waals surface area (Å²) in [4.78, 5) is 15.2. The van der Waals surface area contributed by atoms with Crippen LogP contribution in [0.2, 0.25) is 0 Å². The molecule has 0 radical (unpaired) electrons. The summed E-state index contributed by atoms with van der Waals surface area (Å²) in [6, 6.07) is 9.63. The Kier molecular flexibility index (Phi) is 4.86. The fourth-order valence-corrected chi connectivity index (χ4v) is 2.73. The van der Waals surface area contributed by atoms with Gasteiger partial charge in [-0.2, -0.15) is 0 Å². The third-order valence-corrected chi connectivity index (χ3v) is 3.85. The maximum atomic E-state index is 11.0. The maximum Gasteiger partial charge on any atom is 0.405 e. The molecule has 0 aliphatic rings. The van der Waals surface area contributed by atoms with Crippen molar-refractivity contribution in [3.05, 3.63) is 52.8 Å². The van der Waals surface area contributed by atoms with Gasteiger partial charge in [-0.05, 0) is 38.5 Å². The van der Waals surface area contributed by atoms with Crippen molar-refractivity contribution in [2.75, 3.05) is 0 Å². The highest BCUT2D eigenvalue weighted by atomic mass is 79.9. The van der Waals surface area contributed by atoms with Gasteiger partial charge in [-0.15, -0.1) is 0 Å². The molecule has 0 aliphatic heterocycles. The molecule has 1 aromatic heterocycles. The summed E-state index contributed by atoms with van der Waals surface area (Å²) < 4.78 is 0.925. The lowest BCUT2D eigenvalue weighted by atomic mass is 9.82. The molecule has 22 heavy (non-hydrogen) atoms. The lowest BCUT2D eigenvalue weighted by Gasteiger charge is -2.31. The molecule has 2 N–H and O–H groups in total. The minimum Gasteiger partial charge on any atom is -0.465 e. The first-order valence-electron chi connectivity index (χ1n) is 6.98. The third kappa shape index (κ3) is 4.07. The molecule has 116 valence electrons. The highest BCUT2D eigenvalue weighted by molar-refractivity contribution is 9.10. The molecule has 1 amide bonds. The van der Waals surface area contributed by atoms with E-state index in [1.54, 1.807) is 12.4 Å². The maximum absolute atomic E-state index is 11.0. The van der Waals surface area contributed by atoms with Gasteiger partial charge >= 0.3 is 6.09 Å². The van der Waals surface area contributed by atoms with Gasteiger partial charge in [0, 0.05) is 22.4 Å². The van der Waals surface area contributed by atoms with E-state index in [4.69, 9.17) is 5.11 Å². The van der Waals surface area contributed by atoms with Crippen LogP contribution in [0, 0.1) is 5.41 Å². The first-order valence-corrected chi connectivity index (χ1v) is 7.77. The number of aromatic nitrogens is 1. The van der Waals surface area contributed by atoms with Crippen molar-refractivity contribution in [1.29, 1.82) is 0 Å². The smallest absolute Gasteiger partial charge is 0.405 e. The number of benzene rings is 1. The van der Waals surface area contributed by atoms with Crippen LogP contribution in [-0.2, 0) is 0 Å². The number of halogens is 1. The predicted octanol–water partition coefficient (Wildman–Crippen LogP) is 4.87. The van der Waals surface area contributed by atoms with E-state index in [1.807, 2.05) is 51.1 Å². The van der Waals surface area contributed by atoms with Crippen molar-refractivity contribution >= 4 is 22.0 Å². The molecule has 2 rings (SSSR count). The summed E-state index contributed by atoms with van der Waals surface area (Å²) in [5, 5.41) is 11.6. The summed E-state index contributed by atoms with van der Waals surface area (Å²) in [6.07, 6.45) is 2.53. The van der Waals surface area contributed by atoms with E-state index in [2.05, 4.69) is 26.2 Å². The molecule has 0 bridgehead atoms. The van der Waals surface area contributed by atoms with Crippen molar-refractivity contribution in [2.24, 2.45) is 5.41 Å². The summed E-state index contributed by atoms with van der Waals surface area (Å²) in [5.74, 6) is 0. The quantitative estimate of drug-likeness (QED) is 0.818. The van der Waals surface area contributed by atoms with Gasteiger partial charge in [0.2, 0.25) is 0 Å². The number of rotatable bonds is 3. The molecule has 5 heteroatoms. The predicted molar refractivity (Wildman–Crippen MR) is 90.7 cm³/mol. The van der Waals surface area contributed by atoms with Gasteiger partial charge in [-0.25, -0.2) is 4.79 Å². The molecule has 0 spiro atoms. The van der Waals surface area contributed by atoms with Crippen LogP contribution < -0.4 is 5.32 Å². The third-order valence-electron chi connectivity index (χ3n) is 3.42. The molecular weight excluding hydrogens is 344 g/mol. The minimum absolute atomic E-state index is 0.211. The number of hydrogen-bond donors (Lipinski definition) is 2. The van der Waals surface area contributed by atoms with Crippen molar-refractivity contribution in [1.82, 2.24) is 10.3 Å². The minimum atomic E-state index is -1.01. The summed E-state index contributed by atoms with van der Waals surface area (Å²) >= 11 is 3.41. The van der Waals surface area contributed by atoms with Gasteiger partial charge in [0.05, 0.1) is 6.04 Å². The van der Waals surface area contributed by atoms with E-state index in [9.17, 15) is 4.79 Å². The fraction of sp³-hybridized carbons (Fsp3) is 0.294. The molecule has 0 saturated heterocycles. The van der Waals surface area contributed by atoms with Crippen molar-refractivity contribution in [2.45, 2.75) is 26.8 Å². The second-order valence-corrected chi connectivity index (χ2v) is 7.18. The Morgan fingerprint density at radius 1 is 1.18 bits per heavy atom. The van der Waals surface area contributed by atoms with E-state index in [0.717, 1.165) is 21.2 Å². The molecule has 2 aromatic rings. The molecule has 1 aromatic carbocycles. The van der Waals surface area contributed by atoms with Crippen LogP contribution >= 0.6 is 15.9 Å². The number of amides is 1. The lowest BCUT2D eigenvalue weighted by Crippen LogP contribution is -2.35. The zero-order valence-electron chi connectivity index (χ0n) is 12.8. The van der Waals surface area contributed by atoms with E-state index in [1.165, 1.54) is 0 Å². The standard InChI is InChI=1S/C17H19BrN2O2/c1-17(2,3)15(20-16(21)22)12-6-4-11(5-7-12)13-8-14(18)10-19-9-13/h4-10,15,20H,1-3H3,(H,21,22). The Morgan fingerprint density at radius 2 is 1.82 bits per heavy atom. The van der Waals surface area contributed by atoms with Gasteiger partial charge in [0.15, 0.2) is 0 Å². The number of carboxylic acid groups (broad SMARTS) is 1. The Balaban J connectivity index is 2.32. The number of nitrogens with one attached hydrogen (secondary N) is 1. The van der Waals surface area contributed by atoms with Crippen LogP contribution in [-0.4, -0.2) is 16.2 Å². The van der Waals surface area contributed by atoms with E-state index in [0.29, 0.717) is 0 Å². The van der Waals surface area contributed by atoms with Crippen LogP contribution in [0.15, 0.2) is 47.2 Å². The molecule has 1 unspecified atom stereocenters. The van der Waals surface area contributed by atoms with Gasteiger partial charge in [0.25, 0.3) is 0 Å². The molecular formula is C17H19BrN2O2. The van der Waals surface area contributed by atoms with Crippen molar-refractivity contribution < 1.29 is 9.90 Å². The number of nitrogens with zero attached hydrogens (tertiary/aromatic N) is 1. The zero-order valence-corrected chi connectivity index (χ0v) is 14.4. The van der Waals surface area contributed by atoms with Gasteiger partial charge in [-0.3, -0.25) is 4.98 Å². The largest absolute Gasteiger partial charge is 0.465 e. The normalized spacial score (nSPS) is 12.7. The van der Waals surface area contributed by atoms with Crippen LogP contribution in [0.25, 0.3) is 11.1 Å². The van der Waals surface area contributed by atoms with E-state index in [-0.39, 0.29) is 11.5 Å². The monoisotopic (exact) mass is 362 g/mol. The summed E-state index contributed by atoms with van der Waals surface area (Å²) in [7, 11) is 0. The average molecular weight is 363 g/mol. The molecule has 0 saturated carbocycles. The van der Waals surface area contributed by atoms with Gasteiger partial charge in [0.1, 0.15) is 0 Å². The zero-order chi connectivity index (χ0) is 16.3. The average Bonchev–Trinajstić information content (AvgIpc) is 2.44. The Hall–Kier alpha value is -1.88. The van der Waals surface area contributed by atoms with Crippen molar-refractivity contribution in [3.8, 4) is 11.1 Å². The van der Waals surface area contributed by atoms with E-state index >= 15 is 0 Å². The second kappa shape index (κ2) is 6.48. The van der Waals surface area contributed by atoms with Crippen LogP contribution in [0.3, 0.4) is 0 Å². The van der Waals surface area contributed by atoms with E-state index < -0.39 is 6.09 Å². The summed E-state index contributed by atoms with van der Waals surface area (Å²) in [5.41, 5.74) is 2.79. The second-order valence-electron chi connectivity index (χ2n) is 6.26. The molecule has 1 heterocycles. The first kappa shape index (κ1) is 16.5. The Bertz CT molecular complexity index is 663. The van der Waals surface area contributed by atoms with Crippen LogP contribution in [0.5, 0.6) is 0 Å². The Morgan fingerprint density at radius 3 is 2.32 bits per heavy atom. The number of hydrogen-bond acceptors (Lipinski definition) is 2. The fourth-order valence-electron chi connectivity index (χ4n) is 2.36. The highest BCUT2D eigenvalue weighted by Crippen LogP contribution is 2.33. The van der Waals surface area contributed by atoms with Gasteiger partial charge in [-0.1, -0.05) is 45.0 Å². The topological polar surface area (TPSA) is 62.2 Å². The van der Waals surface area contributed by atoms with Crippen LogP contribution in [0.4, 0.5) is 4.79 Å². The SMILES string of the molecule is CC(C)(C)C(NC(=O)O)c1ccc(-c2cncc(Br)c2)cc1.